The second-order valence-corrected chi connectivity index (χ2v) is 4.72. The zero-order chi connectivity index (χ0) is 14.5. The van der Waals surface area contributed by atoms with Gasteiger partial charge in [0.2, 0.25) is 0 Å². The number of rotatable bonds is 8. The monoisotopic (exact) mass is 287 g/mol. The summed E-state index contributed by atoms with van der Waals surface area (Å²) in [6.45, 7) is 1.89. The molecule has 4 N–H and O–H groups in total. The summed E-state index contributed by atoms with van der Waals surface area (Å²) in [5.41, 5.74) is 3.35. The third-order valence-electron chi connectivity index (χ3n) is 3.03. The second-order valence-electron chi connectivity index (χ2n) is 4.72. The highest BCUT2D eigenvalue weighted by molar-refractivity contribution is 5.57. The van der Waals surface area contributed by atoms with Crippen molar-refractivity contribution in [1.29, 1.82) is 0 Å². The molecule has 0 atom stereocenters. The third-order valence-corrected chi connectivity index (χ3v) is 3.03. The first-order valence-electron chi connectivity index (χ1n) is 6.56. The minimum Gasteiger partial charge on any atom is -0.374 e. The van der Waals surface area contributed by atoms with Crippen molar-refractivity contribution < 1.29 is 13.5 Å². The summed E-state index contributed by atoms with van der Waals surface area (Å²) in [4.78, 5) is 8.82. The molecule has 112 valence electrons. The molecule has 0 aromatic carbocycles. The SMILES string of the molecule is Cc1c(NN)nc(C2CC2)nc1NCCOCC(F)F. The summed E-state index contributed by atoms with van der Waals surface area (Å²) in [5.74, 6) is 7.85. The molecule has 1 fully saturated rings. The molecular formula is C12H19F2N5O. The van der Waals surface area contributed by atoms with Gasteiger partial charge in [0, 0.05) is 18.0 Å². The van der Waals surface area contributed by atoms with E-state index < -0.39 is 13.0 Å². The Hall–Kier alpha value is -1.54. The number of nitrogens with zero attached hydrogens (tertiary/aromatic N) is 2. The molecule has 0 spiro atoms. The zero-order valence-electron chi connectivity index (χ0n) is 11.3. The van der Waals surface area contributed by atoms with Crippen LogP contribution in [0.5, 0.6) is 0 Å². The number of nitrogens with two attached hydrogens (primary N) is 1. The van der Waals surface area contributed by atoms with Gasteiger partial charge >= 0.3 is 0 Å². The molecular weight excluding hydrogens is 268 g/mol. The number of nitrogens with one attached hydrogen (secondary N) is 2. The Balaban J connectivity index is 1.93. The number of anilines is 2. The first-order chi connectivity index (χ1) is 9.61. The van der Waals surface area contributed by atoms with E-state index in [-0.39, 0.29) is 6.61 Å². The fourth-order valence-corrected chi connectivity index (χ4v) is 1.78. The number of aromatic nitrogens is 2. The fraction of sp³-hybridized carbons (Fsp3) is 0.667. The van der Waals surface area contributed by atoms with E-state index in [1.807, 2.05) is 6.92 Å². The van der Waals surface area contributed by atoms with Crippen molar-refractivity contribution in [3.8, 4) is 0 Å². The molecule has 0 amide bonds. The minimum atomic E-state index is -2.44. The first-order valence-corrected chi connectivity index (χ1v) is 6.56. The van der Waals surface area contributed by atoms with Gasteiger partial charge in [-0.15, -0.1) is 0 Å². The molecule has 1 aliphatic rings. The molecule has 20 heavy (non-hydrogen) atoms. The molecule has 2 rings (SSSR count). The number of hydrogen-bond donors (Lipinski definition) is 3. The summed E-state index contributed by atoms with van der Waals surface area (Å²) >= 11 is 0. The molecule has 0 saturated heterocycles. The molecule has 1 aliphatic carbocycles. The van der Waals surface area contributed by atoms with Gasteiger partial charge in [0.15, 0.2) is 0 Å². The van der Waals surface area contributed by atoms with E-state index >= 15 is 0 Å². The van der Waals surface area contributed by atoms with Crippen LogP contribution < -0.4 is 16.6 Å². The topological polar surface area (TPSA) is 85.1 Å². The largest absolute Gasteiger partial charge is 0.374 e. The Morgan fingerprint density at radius 2 is 2.05 bits per heavy atom. The smallest absolute Gasteiger partial charge is 0.261 e. The van der Waals surface area contributed by atoms with E-state index in [1.165, 1.54) is 0 Å². The summed E-state index contributed by atoms with van der Waals surface area (Å²) in [5, 5.41) is 3.07. The molecule has 1 saturated carbocycles. The lowest BCUT2D eigenvalue weighted by Crippen LogP contribution is -2.17. The number of alkyl halides is 2. The standard InChI is InChI=1S/C12H19F2N5O/c1-7-10(16-4-5-20-6-9(13)14)17-12(8-2-3-8)18-11(7)19-15/h8-9H,2-6,15H2,1H3,(H2,16,17,18,19). The van der Waals surface area contributed by atoms with Crippen molar-refractivity contribution in [3.63, 3.8) is 0 Å². The van der Waals surface area contributed by atoms with E-state index in [2.05, 4.69) is 20.7 Å². The molecule has 1 aromatic rings. The van der Waals surface area contributed by atoms with Gasteiger partial charge in [0.1, 0.15) is 24.1 Å². The predicted molar refractivity (Wildman–Crippen MR) is 71.9 cm³/mol. The van der Waals surface area contributed by atoms with Crippen molar-refractivity contribution in [2.24, 2.45) is 5.84 Å². The molecule has 1 aromatic heterocycles. The van der Waals surface area contributed by atoms with Crippen LogP contribution in [0.15, 0.2) is 0 Å². The summed E-state index contributed by atoms with van der Waals surface area (Å²) in [6, 6.07) is 0. The molecule has 1 heterocycles. The fourth-order valence-electron chi connectivity index (χ4n) is 1.78. The van der Waals surface area contributed by atoms with Gasteiger partial charge in [0.25, 0.3) is 6.43 Å². The van der Waals surface area contributed by atoms with Crippen LogP contribution in [0.25, 0.3) is 0 Å². The van der Waals surface area contributed by atoms with Crippen LogP contribution in [0.3, 0.4) is 0 Å². The van der Waals surface area contributed by atoms with E-state index in [4.69, 9.17) is 10.6 Å². The average Bonchev–Trinajstić information content (AvgIpc) is 3.24. The van der Waals surface area contributed by atoms with Gasteiger partial charge < -0.3 is 15.5 Å². The zero-order valence-corrected chi connectivity index (χ0v) is 11.3. The van der Waals surface area contributed by atoms with Crippen LogP contribution in [0.2, 0.25) is 0 Å². The van der Waals surface area contributed by atoms with E-state index in [9.17, 15) is 8.78 Å². The molecule has 8 heteroatoms. The van der Waals surface area contributed by atoms with Gasteiger partial charge in [-0.3, -0.25) is 0 Å². The maximum absolute atomic E-state index is 11.9. The van der Waals surface area contributed by atoms with Crippen LogP contribution in [0.4, 0.5) is 20.4 Å². The van der Waals surface area contributed by atoms with Crippen molar-refractivity contribution in [2.45, 2.75) is 32.1 Å². The van der Waals surface area contributed by atoms with Gasteiger partial charge in [-0.25, -0.2) is 24.6 Å². The number of ether oxygens (including phenoxy) is 1. The molecule has 6 nitrogen and oxygen atoms in total. The van der Waals surface area contributed by atoms with Gasteiger partial charge in [-0.05, 0) is 19.8 Å². The number of hydrogen-bond acceptors (Lipinski definition) is 6. The Bertz CT molecular complexity index is 454. The number of nitrogen functional groups attached to an aromatic ring is 1. The van der Waals surface area contributed by atoms with E-state index in [0.29, 0.717) is 24.1 Å². The van der Waals surface area contributed by atoms with Crippen molar-refractivity contribution in [3.05, 3.63) is 11.4 Å². The lowest BCUT2D eigenvalue weighted by Gasteiger charge is -2.13. The molecule has 0 aliphatic heterocycles. The van der Waals surface area contributed by atoms with Crippen LogP contribution >= 0.6 is 0 Å². The molecule has 0 unspecified atom stereocenters. The van der Waals surface area contributed by atoms with E-state index in [0.717, 1.165) is 24.2 Å². The molecule has 0 bridgehead atoms. The van der Waals surface area contributed by atoms with Crippen LogP contribution in [0, 0.1) is 6.92 Å². The van der Waals surface area contributed by atoms with Gasteiger partial charge in [-0.1, -0.05) is 0 Å². The number of hydrazine groups is 1. The van der Waals surface area contributed by atoms with Crippen molar-refractivity contribution >= 4 is 11.6 Å². The van der Waals surface area contributed by atoms with E-state index in [1.54, 1.807) is 0 Å². The predicted octanol–water partition coefficient (Wildman–Crippen LogP) is 1.64. The molecule has 0 radical (unpaired) electrons. The van der Waals surface area contributed by atoms with Crippen LogP contribution in [-0.4, -0.2) is 36.2 Å². The summed E-state index contributed by atoms with van der Waals surface area (Å²) < 4.78 is 28.6. The third kappa shape index (κ3) is 3.97. The van der Waals surface area contributed by atoms with Crippen LogP contribution in [-0.2, 0) is 4.74 Å². The second kappa shape index (κ2) is 6.76. The Morgan fingerprint density at radius 3 is 2.65 bits per heavy atom. The lowest BCUT2D eigenvalue weighted by molar-refractivity contribution is 0.0214. The van der Waals surface area contributed by atoms with Crippen LogP contribution in [0.1, 0.15) is 30.1 Å². The summed E-state index contributed by atoms with van der Waals surface area (Å²) in [7, 11) is 0. The lowest BCUT2D eigenvalue weighted by atomic mass is 10.3. The van der Waals surface area contributed by atoms with Crippen molar-refractivity contribution in [1.82, 2.24) is 9.97 Å². The Kier molecular flexibility index (Phi) is 5.02. The highest BCUT2D eigenvalue weighted by Gasteiger charge is 2.28. The Morgan fingerprint density at radius 1 is 1.35 bits per heavy atom. The number of halogens is 2. The normalized spacial score (nSPS) is 14.7. The quantitative estimate of drug-likeness (QED) is 0.383. The maximum Gasteiger partial charge on any atom is 0.261 e. The maximum atomic E-state index is 11.9. The summed E-state index contributed by atoms with van der Waals surface area (Å²) in [6.07, 6.45) is -0.265. The Labute approximate surface area is 116 Å². The van der Waals surface area contributed by atoms with Gasteiger partial charge in [-0.2, -0.15) is 0 Å². The minimum absolute atomic E-state index is 0.192. The highest BCUT2D eigenvalue weighted by Crippen LogP contribution is 2.39. The highest BCUT2D eigenvalue weighted by atomic mass is 19.3. The average molecular weight is 287 g/mol. The van der Waals surface area contributed by atoms with Crippen molar-refractivity contribution in [2.75, 3.05) is 30.5 Å². The van der Waals surface area contributed by atoms with Gasteiger partial charge in [0.05, 0.1) is 6.61 Å². The first kappa shape index (κ1) is 14.9.